The van der Waals surface area contributed by atoms with E-state index >= 15 is 0 Å². The number of esters is 1. The van der Waals surface area contributed by atoms with E-state index in [2.05, 4.69) is 4.74 Å². The molecule has 0 aliphatic carbocycles. The van der Waals surface area contributed by atoms with Gasteiger partial charge in [0.25, 0.3) is 0 Å². The van der Waals surface area contributed by atoms with Crippen molar-refractivity contribution in [3.05, 3.63) is 34.9 Å². The second-order valence-electron chi connectivity index (χ2n) is 4.32. The van der Waals surface area contributed by atoms with Crippen LogP contribution >= 0.6 is 0 Å². The number of halogens is 6. The molecule has 1 aromatic rings. The number of benzene rings is 1. The van der Waals surface area contributed by atoms with Crippen molar-refractivity contribution in [3.8, 4) is 0 Å². The quantitative estimate of drug-likeness (QED) is 0.522. The molecule has 10 heteroatoms. The van der Waals surface area contributed by atoms with Gasteiger partial charge in [-0.3, -0.25) is 4.79 Å². The fourth-order valence-corrected chi connectivity index (χ4v) is 1.57. The summed E-state index contributed by atoms with van der Waals surface area (Å²) < 4.78 is 80.1. The lowest BCUT2D eigenvalue weighted by atomic mass is 10.0. The zero-order valence-electron chi connectivity index (χ0n) is 11.6. The van der Waals surface area contributed by atoms with Crippen molar-refractivity contribution >= 4 is 11.9 Å². The van der Waals surface area contributed by atoms with Gasteiger partial charge in [-0.15, -0.1) is 0 Å². The molecule has 0 radical (unpaired) electrons. The van der Waals surface area contributed by atoms with Gasteiger partial charge in [-0.25, -0.2) is 4.79 Å². The van der Waals surface area contributed by atoms with Crippen LogP contribution in [0.5, 0.6) is 0 Å². The zero-order chi connectivity index (χ0) is 17.8. The number of hydrogen-bond donors (Lipinski definition) is 1. The van der Waals surface area contributed by atoms with Crippen molar-refractivity contribution in [2.75, 3.05) is 6.61 Å². The van der Waals surface area contributed by atoms with E-state index in [1.807, 2.05) is 5.32 Å². The lowest BCUT2D eigenvalue weighted by Crippen LogP contribution is -2.32. The van der Waals surface area contributed by atoms with Crippen molar-refractivity contribution in [3.63, 3.8) is 0 Å². The minimum Gasteiger partial charge on any atom is -0.459 e. The van der Waals surface area contributed by atoms with Gasteiger partial charge in [-0.2, -0.15) is 26.3 Å². The Hall–Kier alpha value is -2.26. The Morgan fingerprint density at radius 1 is 1.00 bits per heavy atom. The molecular formula is C13H11F6NO3. The maximum absolute atomic E-state index is 12.6. The van der Waals surface area contributed by atoms with Crippen LogP contribution in [0.2, 0.25) is 0 Å². The molecule has 23 heavy (non-hydrogen) atoms. The summed E-state index contributed by atoms with van der Waals surface area (Å²) in [5, 5.41) is 1.89. The van der Waals surface area contributed by atoms with Gasteiger partial charge in [0.2, 0.25) is 0 Å². The lowest BCUT2D eigenvalue weighted by molar-refractivity contribution is -0.154. The van der Waals surface area contributed by atoms with E-state index in [-0.39, 0.29) is 12.7 Å². The highest BCUT2D eigenvalue weighted by molar-refractivity contribution is 6.32. The molecule has 0 aromatic heterocycles. The Labute approximate surface area is 126 Å². The molecule has 0 saturated heterocycles. The fraction of sp³-hybridized carbons (Fsp3) is 0.385. The predicted molar refractivity (Wildman–Crippen MR) is 64.9 cm³/mol. The van der Waals surface area contributed by atoms with Crippen LogP contribution in [0.15, 0.2) is 18.2 Å². The van der Waals surface area contributed by atoms with Gasteiger partial charge in [0.15, 0.2) is 0 Å². The molecule has 0 aliphatic rings. The molecule has 128 valence electrons. The SMILES string of the molecule is CCOC(=O)C(=O)NCc1cc(C(F)(F)F)cc(C(F)(F)F)c1. The third-order valence-electron chi connectivity index (χ3n) is 2.56. The zero-order valence-corrected chi connectivity index (χ0v) is 11.6. The minimum atomic E-state index is -4.98. The fourth-order valence-electron chi connectivity index (χ4n) is 1.57. The second-order valence-corrected chi connectivity index (χ2v) is 4.32. The number of carbonyl (C=O) groups is 2. The van der Waals surface area contributed by atoms with Gasteiger partial charge < -0.3 is 10.1 Å². The highest BCUT2D eigenvalue weighted by atomic mass is 19.4. The first-order chi connectivity index (χ1) is 10.4. The summed E-state index contributed by atoms with van der Waals surface area (Å²) in [7, 11) is 0. The Morgan fingerprint density at radius 2 is 1.48 bits per heavy atom. The first-order valence-corrected chi connectivity index (χ1v) is 6.18. The van der Waals surface area contributed by atoms with Crippen LogP contribution in [0.25, 0.3) is 0 Å². The van der Waals surface area contributed by atoms with Crippen LogP contribution in [0, 0.1) is 0 Å². The third-order valence-corrected chi connectivity index (χ3v) is 2.56. The number of alkyl halides is 6. The van der Waals surface area contributed by atoms with Crippen molar-refractivity contribution in [2.24, 2.45) is 0 Å². The smallest absolute Gasteiger partial charge is 0.416 e. The Bertz CT molecular complexity index is 562. The van der Waals surface area contributed by atoms with Crippen LogP contribution in [0.1, 0.15) is 23.6 Å². The van der Waals surface area contributed by atoms with Crippen LogP contribution < -0.4 is 5.32 Å². The van der Waals surface area contributed by atoms with Gasteiger partial charge in [-0.1, -0.05) is 0 Å². The monoisotopic (exact) mass is 343 g/mol. The number of ether oxygens (including phenoxy) is 1. The Kier molecular flexibility index (Phi) is 5.62. The molecule has 0 heterocycles. The summed E-state index contributed by atoms with van der Waals surface area (Å²) in [5.41, 5.74) is -3.47. The van der Waals surface area contributed by atoms with Gasteiger partial charge >= 0.3 is 24.2 Å². The molecule has 1 N–H and O–H groups in total. The first kappa shape index (κ1) is 18.8. The maximum Gasteiger partial charge on any atom is 0.416 e. The number of rotatable bonds is 3. The predicted octanol–water partition coefficient (Wildman–Crippen LogP) is 2.90. The summed E-state index contributed by atoms with van der Waals surface area (Å²) in [6.07, 6.45) is -9.97. The number of nitrogens with one attached hydrogen (secondary N) is 1. The maximum atomic E-state index is 12.6. The lowest BCUT2D eigenvalue weighted by Gasteiger charge is -2.14. The Morgan fingerprint density at radius 3 is 1.87 bits per heavy atom. The second kappa shape index (κ2) is 6.88. The molecule has 0 spiro atoms. The van der Waals surface area contributed by atoms with Gasteiger partial charge in [0.05, 0.1) is 17.7 Å². The van der Waals surface area contributed by atoms with Crippen LogP contribution in [-0.2, 0) is 33.2 Å². The molecule has 1 amide bonds. The molecule has 0 unspecified atom stereocenters. The third kappa shape index (κ3) is 5.46. The van der Waals surface area contributed by atoms with E-state index in [9.17, 15) is 35.9 Å². The number of carbonyl (C=O) groups excluding carboxylic acids is 2. The topological polar surface area (TPSA) is 55.4 Å². The summed E-state index contributed by atoms with van der Waals surface area (Å²) in [6.45, 7) is 0.631. The normalized spacial score (nSPS) is 12.0. The van der Waals surface area contributed by atoms with Crippen LogP contribution in [-0.4, -0.2) is 18.5 Å². The van der Waals surface area contributed by atoms with E-state index in [4.69, 9.17) is 0 Å². The first-order valence-electron chi connectivity index (χ1n) is 6.18. The van der Waals surface area contributed by atoms with Gasteiger partial charge in [-0.05, 0) is 30.7 Å². The number of hydrogen-bond acceptors (Lipinski definition) is 3. The molecule has 0 atom stereocenters. The summed E-state index contributed by atoms with van der Waals surface area (Å²) >= 11 is 0. The molecule has 1 rings (SSSR count). The molecule has 4 nitrogen and oxygen atoms in total. The average Bonchev–Trinajstić information content (AvgIpc) is 2.42. The summed E-state index contributed by atoms with van der Waals surface area (Å²) in [5.74, 6) is -2.55. The Balaban J connectivity index is 3.02. The minimum absolute atomic E-state index is 0.0311. The van der Waals surface area contributed by atoms with E-state index in [1.165, 1.54) is 6.92 Å². The van der Waals surface area contributed by atoms with E-state index in [0.29, 0.717) is 12.1 Å². The number of amides is 1. The molecular weight excluding hydrogens is 332 g/mol. The largest absolute Gasteiger partial charge is 0.459 e. The van der Waals surface area contributed by atoms with E-state index in [1.54, 1.807) is 0 Å². The molecule has 1 aromatic carbocycles. The van der Waals surface area contributed by atoms with Crippen LogP contribution in [0.4, 0.5) is 26.3 Å². The molecule has 0 saturated carbocycles. The van der Waals surface area contributed by atoms with Crippen LogP contribution in [0.3, 0.4) is 0 Å². The van der Waals surface area contributed by atoms with Crippen molar-refractivity contribution in [1.82, 2.24) is 5.32 Å². The summed E-state index contributed by atoms with van der Waals surface area (Å²) in [4.78, 5) is 22.3. The van der Waals surface area contributed by atoms with E-state index in [0.717, 1.165) is 0 Å². The van der Waals surface area contributed by atoms with Crippen molar-refractivity contribution < 1.29 is 40.7 Å². The highest BCUT2D eigenvalue weighted by Gasteiger charge is 2.36. The standard InChI is InChI=1S/C13H11F6NO3/c1-2-23-11(22)10(21)20-6-7-3-8(12(14,15)16)5-9(4-7)13(17,18)19/h3-5H,2,6H2,1H3,(H,20,21). The summed E-state index contributed by atoms with van der Waals surface area (Å²) in [6, 6.07) is 0.887. The average molecular weight is 343 g/mol. The van der Waals surface area contributed by atoms with Gasteiger partial charge in [0, 0.05) is 6.54 Å². The molecule has 0 bridgehead atoms. The highest BCUT2D eigenvalue weighted by Crippen LogP contribution is 2.36. The molecule has 0 fully saturated rings. The van der Waals surface area contributed by atoms with E-state index < -0.39 is 47.5 Å². The molecule has 0 aliphatic heterocycles. The van der Waals surface area contributed by atoms with Gasteiger partial charge in [0.1, 0.15) is 0 Å². The van der Waals surface area contributed by atoms with Crippen molar-refractivity contribution in [2.45, 2.75) is 25.8 Å². The van der Waals surface area contributed by atoms with Crippen molar-refractivity contribution in [1.29, 1.82) is 0 Å².